The molecular formula is C20H26N6S. The number of aliphatic imine (C=N–C) groups is 1. The SMILES string of the molecule is CN=C(NCCc1csc(C)n1)NCc1ccccc1-n1nc(C)cc1C. The molecule has 0 unspecified atom stereocenters. The third-order valence-electron chi connectivity index (χ3n) is 4.24. The molecule has 0 atom stereocenters. The standard InChI is InChI=1S/C20H26N6S/c1-14-11-15(2)26(25-14)19-8-6-5-7-17(19)12-23-20(21-4)22-10-9-18-13-27-16(3)24-18/h5-8,11,13H,9-10,12H2,1-4H3,(H2,21,22,23). The highest BCUT2D eigenvalue weighted by molar-refractivity contribution is 7.09. The maximum absolute atomic E-state index is 4.61. The van der Waals surface area contributed by atoms with Crippen LogP contribution >= 0.6 is 11.3 Å². The Morgan fingerprint density at radius 3 is 2.67 bits per heavy atom. The number of aromatic nitrogens is 3. The summed E-state index contributed by atoms with van der Waals surface area (Å²) in [5, 5.41) is 14.6. The fraction of sp³-hybridized carbons (Fsp3) is 0.350. The molecule has 0 bridgehead atoms. The highest BCUT2D eigenvalue weighted by Crippen LogP contribution is 2.16. The number of nitrogens with one attached hydrogen (secondary N) is 2. The minimum Gasteiger partial charge on any atom is -0.356 e. The van der Waals surface area contributed by atoms with Gasteiger partial charge < -0.3 is 10.6 Å². The molecule has 2 aromatic heterocycles. The second kappa shape index (κ2) is 8.81. The number of thiazole rings is 1. The lowest BCUT2D eigenvalue weighted by atomic mass is 10.1. The average Bonchev–Trinajstić information content (AvgIpc) is 3.22. The molecule has 0 aliphatic rings. The van der Waals surface area contributed by atoms with Gasteiger partial charge in [-0.15, -0.1) is 11.3 Å². The van der Waals surface area contributed by atoms with Crippen molar-refractivity contribution in [3.05, 3.63) is 63.4 Å². The fourth-order valence-electron chi connectivity index (χ4n) is 2.97. The van der Waals surface area contributed by atoms with E-state index in [4.69, 9.17) is 0 Å². The van der Waals surface area contributed by atoms with Crippen LogP contribution in [0.1, 0.15) is 27.7 Å². The molecule has 0 saturated carbocycles. The van der Waals surface area contributed by atoms with E-state index in [1.165, 1.54) is 5.56 Å². The molecule has 0 saturated heterocycles. The van der Waals surface area contributed by atoms with Gasteiger partial charge in [0.05, 0.1) is 22.1 Å². The second-order valence-corrected chi connectivity index (χ2v) is 7.49. The number of hydrogen-bond acceptors (Lipinski definition) is 4. The zero-order valence-corrected chi connectivity index (χ0v) is 17.1. The minimum atomic E-state index is 0.671. The lowest BCUT2D eigenvalue weighted by molar-refractivity contribution is 0.771. The van der Waals surface area contributed by atoms with E-state index in [0.717, 1.165) is 46.7 Å². The molecule has 2 heterocycles. The van der Waals surface area contributed by atoms with E-state index >= 15 is 0 Å². The zero-order valence-electron chi connectivity index (χ0n) is 16.3. The van der Waals surface area contributed by atoms with Crippen LogP contribution in [0.15, 0.2) is 40.7 Å². The maximum atomic E-state index is 4.61. The molecule has 0 amide bonds. The van der Waals surface area contributed by atoms with Crippen molar-refractivity contribution in [1.29, 1.82) is 0 Å². The molecule has 0 spiro atoms. The Balaban J connectivity index is 1.61. The molecule has 0 fully saturated rings. The summed E-state index contributed by atoms with van der Waals surface area (Å²) in [6, 6.07) is 10.4. The number of nitrogens with zero attached hydrogens (tertiary/aromatic N) is 4. The van der Waals surface area contributed by atoms with E-state index in [0.29, 0.717) is 6.54 Å². The van der Waals surface area contributed by atoms with Crippen LogP contribution in [0.3, 0.4) is 0 Å². The van der Waals surface area contributed by atoms with Crippen molar-refractivity contribution in [2.75, 3.05) is 13.6 Å². The van der Waals surface area contributed by atoms with Gasteiger partial charge in [-0.1, -0.05) is 18.2 Å². The second-order valence-electron chi connectivity index (χ2n) is 6.43. The van der Waals surface area contributed by atoms with Gasteiger partial charge in [0, 0.05) is 37.6 Å². The Kier molecular flexibility index (Phi) is 6.24. The number of rotatable bonds is 6. The molecule has 3 aromatic rings. The summed E-state index contributed by atoms with van der Waals surface area (Å²) in [5.74, 6) is 0.783. The summed E-state index contributed by atoms with van der Waals surface area (Å²) >= 11 is 1.69. The quantitative estimate of drug-likeness (QED) is 0.508. The first kappa shape index (κ1) is 19.1. The van der Waals surface area contributed by atoms with Gasteiger partial charge >= 0.3 is 0 Å². The van der Waals surface area contributed by atoms with Crippen molar-refractivity contribution < 1.29 is 0 Å². The van der Waals surface area contributed by atoms with Crippen LogP contribution in [0.5, 0.6) is 0 Å². The Morgan fingerprint density at radius 2 is 2.00 bits per heavy atom. The maximum Gasteiger partial charge on any atom is 0.191 e. The van der Waals surface area contributed by atoms with Crippen LogP contribution in [0.4, 0.5) is 0 Å². The fourth-order valence-corrected chi connectivity index (χ4v) is 3.62. The van der Waals surface area contributed by atoms with Gasteiger partial charge in [-0.3, -0.25) is 4.99 Å². The van der Waals surface area contributed by atoms with Gasteiger partial charge in [0.15, 0.2) is 5.96 Å². The lowest BCUT2D eigenvalue weighted by Gasteiger charge is -2.15. The lowest BCUT2D eigenvalue weighted by Crippen LogP contribution is -2.38. The molecule has 1 aromatic carbocycles. The molecule has 2 N–H and O–H groups in total. The Hall–Kier alpha value is -2.67. The van der Waals surface area contributed by atoms with E-state index < -0.39 is 0 Å². The molecule has 27 heavy (non-hydrogen) atoms. The summed E-state index contributed by atoms with van der Waals surface area (Å²) in [5.41, 5.74) is 5.52. The van der Waals surface area contributed by atoms with Crippen molar-refractivity contribution in [2.24, 2.45) is 4.99 Å². The molecule has 0 aliphatic heterocycles. The van der Waals surface area contributed by atoms with Gasteiger partial charge in [0.25, 0.3) is 0 Å². The van der Waals surface area contributed by atoms with Crippen LogP contribution in [0, 0.1) is 20.8 Å². The van der Waals surface area contributed by atoms with Crippen LogP contribution in [-0.4, -0.2) is 34.3 Å². The largest absolute Gasteiger partial charge is 0.356 e. The van der Waals surface area contributed by atoms with Crippen LogP contribution in [0.2, 0.25) is 0 Å². The third-order valence-corrected chi connectivity index (χ3v) is 5.06. The van der Waals surface area contributed by atoms with Crippen LogP contribution in [0.25, 0.3) is 5.69 Å². The third kappa shape index (κ3) is 4.95. The highest BCUT2D eigenvalue weighted by atomic mass is 32.1. The normalized spacial score (nSPS) is 11.6. The predicted octanol–water partition coefficient (Wildman–Crippen LogP) is 3.16. The smallest absolute Gasteiger partial charge is 0.191 e. The van der Waals surface area contributed by atoms with Crippen LogP contribution in [-0.2, 0) is 13.0 Å². The Bertz CT molecular complexity index is 924. The van der Waals surface area contributed by atoms with Gasteiger partial charge in [-0.25, -0.2) is 9.67 Å². The van der Waals surface area contributed by atoms with Crippen molar-refractivity contribution in [3.8, 4) is 5.69 Å². The van der Waals surface area contributed by atoms with E-state index in [-0.39, 0.29) is 0 Å². The van der Waals surface area contributed by atoms with Crippen molar-refractivity contribution in [2.45, 2.75) is 33.7 Å². The molecule has 0 radical (unpaired) electrons. The van der Waals surface area contributed by atoms with E-state index in [1.54, 1.807) is 18.4 Å². The highest BCUT2D eigenvalue weighted by Gasteiger charge is 2.09. The topological polar surface area (TPSA) is 67.1 Å². The first-order valence-corrected chi connectivity index (χ1v) is 9.92. The summed E-state index contributed by atoms with van der Waals surface area (Å²) < 4.78 is 1.99. The number of para-hydroxylation sites is 1. The Morgan fingerprint density at radius 1 is 1.19 bits per heavy atom. The Labute approximate surface area is 164 Å². The van der Waals surface area contributed by atoms with Crippen molar-refractivity contribution in [3.63, 3.8) is 0 Å². The first-order chi connectivity index (χ1) is 13.1. The van der Waals surface area contributed by atoms with Crippen LogP contribution < -0.4 is 10.6 Å². The number of guanidine groups is 1. The van der Waals surface area contributed by atoms with Crippen molar-refractivity contribution in [1.82, 2.24) is 25.4 Å². The number of benzene rings is 1. The average molecular weight is 383 g/mol. The van der Waals surface area contributed by atoms with Crippen molar-refractivity contribution >= 4 is 17.3 Å². The zero-order chi connectivity index (χ0) is 19.2. The first-order valence-electron chi connectivity index (χ1n) is 9.04. The molecule has 3 rings (SSSR count). The summed E-state index contributed by atoms with van der Waals surface area (Å²) in [6.45, 7) is 7.58. The summed E-state index contributed by atoms with van der Waals surface area (Å²) in [4.78, 5) is 8.81. The molecular weight excluding hydrogens is 356 g/mol. The van der Waals surface area contributed by atoms with Gasteiger partial charge in [-0.05, 0) is 38.5 Å². The number of aryl methyl sites for hydroxylation is 3. The molecule has 6 nitrogen and oxygen atoms in total. The predicted molar refractivity (Wildman–Crippen MR) is 112 cm³/mol. The van der Waals surface area contributed by atoms with Gasteiger partial charge in [0.1, 0.15) is 0 Å². The van der Waals surface area contributed by atoms with E-state index in [1.807, 2.05) is 30.7 Å². The molecule has 0 aliphatic carbocycles. The van der Waals surface area contributed by atoms with Gasteiger partial charge in [0.2, 0.25) is 0 Å². The minimum absolute atomic E-state index is 0.671. The van der Waals surface area contributed by atoms with E-state index in [2.05, 4.69) is 56.2 Å². The summed E-state index contributed by atoms with van der Waals surface area (Å²) in [7, 11) is 1.79. The monoisotopic (exact) mass is 382 g/mol. The van der Waals surface area contributed by atoms with Gasteiger partial charge in [-0.2, -0.15) is 5.10 Å². The summed E-state index contributed by atoms with van der Waals surface area (Å²) in [6.07, 6.45) is 0.882. The molecule has 142 valence electrons. The molecule has 7 heteroatoms. The number of hydrogen-bond donors (Lipinski definition) is 2. The van der Waals surface area contributed by atoms with E-state index in [9.17, 15) is 0 Å².